The molecule has 4 heteroatoms. The van der Waals surface area contributed by atoms with Crippen LogP contribution in [0.15, 0.2) is 5.38 Å². The number of nitrogens with one attached hydrogen (secondary N) is 1. The van der Waals surface area contributed by atoms with Crippen molar-refractivity contribution in [3.63, 3.8) is 0 Å². The van der Waals surface area contributed by atoms with Crippen molar-refractivity contribution in [2.75, 3.05) is 4.34 Å². The SMILES string of the molecule is Cc1csc(NBr)n1. The Balaban J connectivity index is 2.84. The maximum Gasteiger partial charge on any atom is 0.192 e. The van der Waals surface area contributed by atoms with E-state index in [4.69, 9.17) is 0 Å². The Morgan fingerprint density at radius 2 is 2.62 bits per heavy atom. The molecule has 0 aliphatic heterocycles. The molecule has 0 atom stereocenters. The first-order valence-corrected chi connectivity index (χ1v) is 3.79. The van der Waals surface area contributed by atoms with Gasteiger partial charge < -0.3 is 0 Å². The van der Waals surface area contributed by atoms with Crippen molar-refractivity contribution >= 4 is 32.6 Å². The molecule has 0 amide bonds. The topological polar surface area (TPSA) is 24.9 Å². The van der Waals surface area contributed by atoms with Crippen LogP contribution < -0.4 is 4.34 Å². The highest BCUT2D eigenvalue weighted by Gasteiger charge is 1.91. The summed E-state index contributed by atoms with van der Waals surface area (Å²) in [7, 11) is 0. The third kappa shape index (κ3) is 1.20. The molecule has 1 aromatic heterocycles. The minimum absolute atomic E-state index is 0.905. The molecule has 1 heterocycles. The molecule has 0 bridgehead atoms. The minimum atomic E-state index is 0.905. The van der Waals surface area contributed by atoms with Crippen molar-refractivity contribution in [3.8, 4) is 0 Å². The quantitative estimate of drug-likeness (QED) is 0.691. The van der Waals surface area contributed by atoms with Crippen LogP contribution in [0.25, 0.3) is 0 Å². The van der Waals surface area contributed by atoms with Crippen LogP contribution in [0.4, 0.5) is 5.13 Å². The Kier molecular flexibility index (Phi) is 1.85. The van der Waals surface area contributed by atoms with Crippen LogP contribution in [0, 0.1) is 6.92 Å². The molecule has 0 unspecified atom stereocenters. The summed E-state index contributed by atoms with van der Waals surface area (Å²) in [5.41, 5.74) is 1.05. The van der Waals surface area contributed by atoms with E-state index in [1.54, 1.807) is 11.3 Å². The maximum atomic E-state index is 4.09. The van der Waals surface area contributed by atoms with Crippen molar-refractivity contribution in [2.45, 2.75) is 6.92 Å². The second-order valence-electron chi connectivity index (χ2n) is 1.39. The number of thiazole rings is 1. The molecule has 1 aromatic rings. The molecule has 0 aliphatic carbocycles. The summed E-state index contributed by atoms with van der Waals surface area (Å²) in [6.07, 6.45) is 0. The Morgan fingerprint density at radius 3 is 2.88 bits per heavy atom. The monoisotopic (exact) mass is 192 g/mol. The molecule has 1 rings (SSSR count). The smallest absolute Gasteiger partial charge is 0.192 e. The lowest BCUT2D eigenvalue weighted by molar-refractivity contribution is 1.27. The van der Waals surface area contributed by atoms with Crippen LogP contribution in [0.3, 0.4) is 0 Å². The number of anilines is 1. The van der Waals surface area contributed by atoms with Gasteiger partial charge in [0.15, 0.2) is 5.13 Å². The van der Waals surface area contributed by atoms with E-state index >= 15 is 0 Å². The van der Waals surface area contributed by atoms with Gasteiger partial charge in [-0.15, -0.1) is 11.3 Å². The first-order valence-electron chi connectivity index (χ1n) is 2.11. The van der Waals surface area contributed by atoms with Crippen molar-refractivity contribution in [3.05, 3.63) is 11.1 Å². The maximum absolute atomic E-state index is 4.09. The molecule has 44 valence electrons. The molecule has 8 heavy (non-hydrogen) atoms. The predicted octanol–water partition coefficient (Wildman–Crippen LogP) is 2.17. The standard InChI is InChI=1S/C4H5BrN2S/c1-3-2-8-4(6-3)7-5/h2H,1H3,(H,6,7). The van der Waals surface area contributed by atoms with Gasteiger partial charge in [0.05, 0.1) is 5.69 Å². The molecule has 0 fully saturated rings. The first-order chi connectivity index (χ1) is 3.83. The molecule has 0 aromatic carbocycles. The summed E-state index contributed by atoms with van der Waals surface area (Å²) in [5.74, 6) is 0. The van der Waals surface area contributed by atoms with Crippen LogP contribution in [-0.2, 0) is 0 Å². The lowest BCUT2D eigenvalue weighted by Crippen LogP contribution is -1.75. The average Bonchev–Trinajstić information content (AvgIpc) is 2.14. The highest BCUT2D eigenvalue weighted by molar-refractivity contribution is 9.10. The Bertz CT molecular complexity index is 174. The van der Waals surface area contributed by atoms with E-state index in [1.807, 2.05) is 12.3 Å². The van der Waals surface area contributed by atoms with Crippen LogP contribution >= 0.6 is 27.5 Å². The number of halogens is 1. The zero-order valence-electron chi connectivity index (χ0n) is 4.31. The summed E-state index contributed by atoms with van der Waals surface area (Å²) in [5, 5.41) is 2.89. The van der Waals surface area contributed by atoms with Crippen molar-refractivity contribution in [1.82, 2.24) is 4.98 Å². The van der Waals surface area contributed by atoms with Crippen molar-refractivity contribution in [1.29, 1.82) is 0 Å². The van der Waals surface area contributed by atoms with Crippen LogP contribution in [0.2, 0.25) is 0 Å². The van der Waals surface area contributed by atoms with Gasteiger partial charge in [0.1, 0.15) is 0 Å². The number of rotatable bonds is 1. The number of hydrogen-bond donors (Lipinski definition) is 1. The van der Waals surface area contributed by atoms with E-state index in [1.165, 1.54) is 0 Å². The highest BCUT2D eigenvalue weighted by Crippen LogP contribution is 2.14. The van der Waals surface area contributed by atoms with Gasteiger partial charge in [-0.3, -0.25) is 4.34 Å². The number of aryl methyl sites for hydroxylation is 1. The van der Waals surface area contributed by atoms with E-state index in [0.717, 1.165) is 10.8 Å². The van der Waals surface area contributed by atoms with E-state index in [0.29, 0.717) is 0 Å². The lowest BCUT2D eigenvalue weighted by atomic mass is 10.6. The molecule has 0 aliphatic rings. The molecular weight excluding hydrogens is 188 g/mol. The van der Waals surface area contributed by atoms with Crippen LogP contribution in [0.1, 0.15) is 5.69 Å². The van der Waals surface area contributed by atoms with Gasteiger partial charge in [-0.2, -0.15) is 0 Å². The molecule has 0 radical (unpaired) electrons. The van der Waals surface area contributed by atoms with Gasteiger partial charge in [-0.05, 0) is 6.92 Å². The molecular formula is C4H5BrN2S. The van der Waals surface area contributed by atoms with E-state index in [2.05, 4.69) is 25.5 Å². The van der Waals surface area contributed by atoms with Crippen LogP contribution in [0.5, 0.6) is 0 Å². The Hall–Kier alpha value is -0.0900. The summed E-state index contributed by atoms with van der Waals surface area (Å²) < 4.78 is 2.77. The Labute approximate surface area is 60.3 Å². The van der Waals surface area contributed by atoms with Gasteiger partial charge in [0.25, 0.3) is 0 Å². The normalized spacial score (nSPS) is 9.25. The molecule has 0 saturated heterocycles. The van der Waals surface area contributed by atoms with Crippen molar-refractivity contribution < 1.29 is 0 Å². The molecule has 0 spiro atoms. The summed E-state index contributed by atoms with van der Waals surface area (Å²) in [6, 6.07) is 0. The lowest BCUT2D eigenvalue weighted by Gasteiger charge is -1.82. The van der Waals surface area contributed by atoms with E-state index < -0.39 is 0 Å². The average molecular weight is 193 g/mol. The third-order valence-electron chi connectivity index (χ3n) is 0.700. The second kappa shape index (κ2) is 2.46. The number of hydrogen-bond acceptors (Lipinski definition) is 3. The van der Waals surface area contributed by atoms with Crippen LogP contribution in [-0.4, -0.2) is 4.98 Å². The van der Waals surface area contributed by atoms with E-state index in [9.17, 15) is 0 Å². The fraction of sp³-hybridized carbons (Fsp3) is 0.250. The van der Waals surface area contributed by atoms with Gasteiger partial charge in [-0.25, -0.2) is 4.98 Å². The third-order valence-corrected chi connectivity index (χ3v) is 2.21. The second-order valence-corrected chi connectivity index (χ2v) is 2.64. The highest BCUT2D eigenvalue weighted by atomic mass is 79.9. The van der Waals surface area contributed by atoms with Gasteiger partial charge >= 0.3 is 0 Å². The van der Waals surface area contributed by atoms with Crippen molar-refractivity contribution in [2.24, 2.45) is 0 Å². The summed E-state index contributed by atoms with van der Waals surface area (Å²) in [4.78, 5) is 4.09. The zero-order valence-corrected chi connectivity index (χ0v) is 6.71. The number of aromatic nitrogens is 1. The fourth-order valence-corrected chi connectivity index (χ4v) is 1.34. The van der Waals surface area contributed by atoms with E-state index in [-0.39, 0.29) is 0 Å². The predicted molar refractivity (Wildman–Crippen MR) is 39.4 cm³/mol. The minimum Gasteiger partial charge on any atom is -0.298 e. The largest absolute Gasteiger partial charge is 0.298 e. The Morgan fingerprint density at radius 1 is 1.88 bits per heavy atom. The molecule has 1 N–H and O–H groups in total. The fourth-order valence-electron chi connectivity index (χ4n) is 0.397. The summed E-state index contributed by atoms with van der Waals surface area (Å²) in [6.45, 7) is 1.96. The van der Waals surface area contributed by atoms with Gasteiger partial charge in [-0.1, -0.05) is 0 Å². The summed E-state index contributed by atoms with van der Waals surface area (Å²) >= 11 is 4.65. The molecule has 2 nitrogen and oxygen atoms in total. The van der Waals surface area contributed by atoms with Gasteiger partial charge in [0, 0.05) is 21.5 Å². The molecule has 0 saturated carbocycles. The first kappa shape index (κ1) is 6.04. The zero-order chi connectivity index (χ0) is 5.98. The number of nitrogens with zero attached hydrogens (tertiary/aromatic N) is 1. The van der Waals surface area contributed by atoms with Gasteiger partial charge in [0.2, 0.25) is 0 Å².